The van der Waals surface area contributed by atoms with Crippen molar-refractivity contribution in [3.63, 3.8) is 0 Å². The molecule has 1 aromatic carbocycles. The van der Waals surface area contributed by atoms with Crippen LogP contribution in [0, 0.1) is 6.92 Å². The lowest BCUT2D eigenvalue weighted by Gasteiger charge is -2.32. The first kappa shape index (κ1) is 22.4. The summed E-state index contributed by atoms with van der Waals surface area (Å²) in [6.07, 6.45) is 2.88. The Kier molecular flexibility index (Phi) is 5.69. The number of fused-ring (bicyclic) bond motifs is 2. The lowest BCUT2D eigenvalue weighted by molar-refractivity contribution is -0.136. The largest absolute Gasteiger partial charge is 0.330 e. The van der Waals surface area contributed by atoms with E-state index in [0.717, 1.165) is 63.5 Å². The van der Waals surface area contributed by atoms with Crippen LogP contribution in [0.25, 0.3) is 0 Å². The summed E-state index contributed by atoms with van der Waals surface area (Å²) >= 11 is 0. The smallest absolute Gasteiger partial charge is 0.255 e. The van der Waals surface area contributed by atoms with Crippen molar-refractivity contribution in [3.8, 4) is 0 Å². The molecule has 2 aromatic rings. The van der Waals surface area contributed by atoms with Crippen LogP contribution in [-0.2, 0) is 35.8 Å². The number of rotatable bonds is 4. The zero-order valence-electron chi connectivity index (χ0n) is 20.2. The van der Waals surface area contributed by atoms with E-state index in [2.05, 4.69) is 33.1 Å². The zero-order chi connectivity index (χ0) is 24.1. The number of nitrogens with zero attached hydrogens (tertiary/aromatic N) is 4. The lowest BCUT2D eigenvalue weighted by Crippen LogP contribution is -2.52. The van der Waals surface area contributed by atoms with Crippen LogP contribution in [0.4, 0.5) is 0 Å². The molecule has 2 saturated heterocycles. The molecule has 35 heavy (non-hydrogen) atoms. The van der Waals surface area contributed by atoms with Gasteiger partial charge in [-0.15, -0.1) is 0 Å². The number of carbonyl (C=O) groups excluding carboxylic acids is 3. The molecule has 5 heterocycles. The van der Waals surface area contributed by atoms with Gasteiger partial charge in [0.15, 0.2) is 0 Å². The number of hydrogen-bond donors (Lipinski definition) is 2. The van der Waals surface area contributed by atoms with Crippen molar-refractivity contribution >= 4 is 17.7 Å². The molecule has 3 amide bonds. The van der Waals surface area contributed by atoms with Crippen LogP contribution in [0.1, 0.15) is 70.3 Å². The molecule has 0 radical (unpaired) electrons. The summed E-state index contributed by atoms with van der Waals surface area (Å²) in [5.74, 6) is 0.908. The van der Waals surface area contributed by atoms with Gasteiger partial charge >= 0.3 is 0 Å². The molecule has 4 aliphatic heterocycles. The Bertz CT molecular complexity index is 1200. The molecule has 184 valence electrons. The fourth-order valence-electron chi connectivity index (χ4n) is 6.19. The van der Waals surface area contributed by atoms with Crippen molar-refractivity contribution in [1.29, 1.82) is 0 Å². The minimum absolute atomic E-state index is 0.116. The van der Waals surface area contributed by atoms with Gasteiger partial charge in [-0.3, -0.25) is 24.6 Å². The Hall–Kier alpha value is -3.04. The van der Waals surface area contributed by atoms with Gasteiger partial charge in [-0.2, -0.15) is 0 Å². The fraction of sp³-hybridized carbons (Fsp3) is 0.538. The molecule has 0 spiro atoms. The van der Waals surface area contributed by atoms with E-state index in [9.17, 15) is 14.4 Å². The lowest BCUT2D eigenvalue weighted by atomic mass is 9.91. The van der Waals surface area contributed by atoms with Crippen molar-refractivity contribution in [2.75, 3.05) is 19.6 Å². The van der Waals surface area contributed by atoms with E-state index in [4.69, 9.17) is 4.98 Å². The third-order valence-electron chi connectivity index (χ3n) is 8.07. The molecule has 1 unspecified atom stereocenters. The summed E-state index contributed by atoms with van der Waals surface area (Å²) in [5.41, 5.74) is 5.50. The second kappa shape index (κ2) is 8.87. The standard InChI is InChI=1S/C26H32N6O3/c1-16-28-24(22-13-27-8-11-31(16)22)18-6-9-30(10-7-18)14-17-2-3-20-19(12-17)15-32(26(20)35)21-4-5-23(33)29-25(21)34/h2-3,12,18,21,27H,4-11,13-15H2,1H3,(H,29,33,34). The number of hydrogen-bond acceptors (Lipinski definition) is 6. The third-order valence-corrected chi connectivity index (χ3v) is 8.07. The topological polar surface area (TPSA) is 99.6 Å². The molecule has 1 atom stereocenters. The van der Waals surface area contributed by atoms with Gasteiger partial charge in [-0.25, -0.2) is 4.98 Å². The fourth-order valence-corrected chi connectivity index (χ4v) is 6.19. The average molecular weight is 477 g/mol. The molecule has 9 heteroatoms. The number of imide groups is 1. The van der Waals surface area contributed by atoms with Crippen LogP contribution in [0.15, 0.2) is 18.2 Å². The molecule has 6 rings (SSSR count). The van der Waals surface area contributed by atoms with Crippen molar-refractivity contribution in [3.05, 3.63) is 52.1 Å². The number of aryl methyl sites for hydroxylation is 1. The first-order valence-electron chi connectivity index (χ1n) is 12.7. The van der Waals surface area contributed by atoms with Gasteiger partial charge in [0, 0.05) is 50.6 Å². The maximum absolute atomic E-state index is 12.9. The van der Waals surface area contributed by atoms with Crippen molar-refractivity contribution in [1.82, 2.24) is 30.0 Å². The Balaban J connectivity index is 1.09. The van der Waals surface area contributed by atoms with E-state index in [-0.39, 0.29) is 24.1 Å². The summed E-state index contributed by atoms with van der Waals surface area (Å²) in [7, 11) is 0. The average Bonchev–Trinajstić information content (AvgIpc) is 3.36. The molecule has 4 aliphatic rings. The molecular weight excluding hydrogens is 444 g/mol. The number of aromatic nitrogens is 2. The van der Waals surface area contributed by atoms with E-state index in [0.29, 0.717) is 24.4 Å². The predicted octanol–water partition coefficient (Wildman–Crippen LogP) is 1.44. The Labute approximate surface area is 204 Å². The van der Waals surface area contributed by atoms with Crippen molar-refractivity contribution in [2.45, 2.75) is 70.7 Å². The minimum Gasteiger partial charge on any atom is -0.330 e. The highest BCUT2D eigenvalue weighted by atomic mass is 16.2. The quantitative estimate of drug-likeness (QED) is 0.648. The highest BCUT2D eigenvalue weighted by Crippen LogP contribution is 2.33. The number of benzene rings is 1. The van der Waals surface area contributed by atoms with Crippen LogP contribution in [0.2, 0.25) is 0 Å². The summed E-state index contributed by atoms with van der Waals surface area (Å²) in [6.45, 7) is 8.40. The number of carbonyl (C=O) groups is 3. The maximum Gasteiger partial charge on any atom is 0.255 e. The third kappa shape index (κ3) is 4.06. The Morgan fingerprint density at radius 2 is 1.91 bits per heavy atom. The molecule has 0 bridgehead atoms. The molecular formula is C26H32N6O3. The SMILES string of the molecule is Cc1nc(C2CCN(Cc3ccc4c(c3)CN(C3CCC(=O)NC3=O)C4=O)CC2)c2n1CCNC2. The first-order valence-corrected chi connectivity index (χ1v) is 12.7. The van der Waals surface area contributed by atoms with E-state index < -0.39 is 6.04 Å². The summed E-state index contributed by atoms with van der Waals surface area (Å²) in [4.78, 5) is 45.8. The summed E-state index contributed by atoms with van der Waals surface area (Å²) < 4.78 is 2.38. The Morgan fingerprint density at radius 3 is 2.71 bits per heavy atom. The highest BCUT2D eigenvalue weighted by molar-refractivity contribution is 6.05. The van der Waals surface area contributed by atoms with Crippen LogP contribution in [-0.4, -0.2) is 62.7 Å². The van der Waals surface area contributed by atoms with Gasteiger partial charge in [0.05, 0.1) is 11.4 Å². The van der Waals surface area contributed by atoms with Crippen LogP contribution in [0.3, 0.4) is 0 Å². The van der Waals surface area contributed by atoms with Crippen molar-refractivity contribution in [2.24, 2.45) is 0 Å². The Morgan fingerprint density at radius 1 is 1.09 bits per heavy atom. The first-order chi connectivity index (χ1) is 17.0. The van der Waals surface area contributed by atoms with Gasteiger partial charge in [-0.05, 0) is 56.5 Å². The summed E-state index contributed by atoms with van der Waals surface area (Å²) in [5, 5.41) is 5.86. The second-order valence-corrected chi connectivity index (χ2v) is 10.3. The monoisotopic (exact) mass is 476 g/mol. The van der Waals surface area contributed by atoms with Crippen molar-refractivity contribution < 1.29 is 14.4 Å². The van der Waals surface area contributed by atoms with Crippen LogP contribution in [0.5, 0.6) is 0 Å². The number of amides is 3. The summed E-state index contributed by atoms with van der Waals surface area (Å²) in [6, 6.07) is 5.49. The number of nitrogens with one attached hydrogen (secondary N) is 2. The van der Waals surface area contributed by atoms with Gasteiger partial charge in [-0.1, -0.05) is 12.1 Å². The van der Waals surface area contributed by atoms with Gasteiger partial charge < -0.3 is 14.8 Å². The predicted molar refractivity (Wildman–Crippen MR) is 128 cm³/mol. The molecule has 2 fully saturated rings. The van der Waals surface area contributed by atoms with Gasteiger partial charge in [0.2, 0.25) is 11.8 Å². The molecule has 0 saturated carbocycles. The number of imidazole rings is 1. The molecule has 1 aromatic heterocycles. The van der Waals surface area contributed by atoms with Crippen LogP contribution >= 0.6 is 0 Å². The second-order valence-electron chi connectivity index (χ2n) is 10.3. The highest BCUT2D eigenvalue weighted by Gasteiger charge is 2.39. The van der Waals surface area contributed by atoms with Gasteiger partial charge in [0.1, 0.15) is 11.9 Å². The number of likely N-dealkylation sites (tertiary alicyclic amines) is 1. The maximum atomic E-state index is 12.9. The van der Waals surface area contributed by atoms with Crippen LogP contribution < -0.4 is 10.6 Å². The van der Waals surface area contributed by atoms with E-state index >= 15 is 0 Å². The van der Waals surface area contributed by atoms with E-state index in [1.54, 1.807) is 4.90 Å². The van der Waals surface area contributed by atoms with E-state index in [1.807, 2.05) is 12.1 Å². The van der Waals surface area contributed by atoms with Gasteiger partial charge in [0.25, 0.3) is 5.91 Å². The molecule has 2 N–H and O–H groups in total. The zero-order valence-corrected chi connectivity index (χ0v) is 20.2. The number of piperidine rings is 2. The molecule has 9 nitrogen and oxygen atoms in total. The normalized spacial score (nSPS) is 23.4. The molecule has 0 aliphatic carbocycles. The minimum atomic E-state index is -0.567. The van der Waals surface area contributed by atoms with E-state index in [1.165, 1.54) is 17.0 Å².